The van der Waals surface area contributed by atoms with Crippen LogP contribution in [0.3, 0.4) is 0 Å². The molecule has 2 aromatic heterocycles. The number of pyridine rings is 1. The highest BCUT2D eigenvalue weighted by Gasteiger charge is 2.23. The Morgan fingerprint density at radius 3 is 2.31 bits per heavy atom. The van der Waals surface area contributed by atoms with E-state index in [1.165, 1.54) is 31.2 Å². The van der Waals surface area contributed by atoms with Crippen molar-refractivity contribution in [3.8, 4) is 22.8 Å². The predicted molar refractivity (Wildman–Crippen MR) is 115 cm³/mol. The van der Waals surface area contributed by atoms with Crippen LogP contribution in [0.25, 0.3) is 22.2 Å². The Kier molecular flexibility index (Phi) is 4.56. The molecule has 0 aliphatic heterocycles. The number of para-hydroxylation sites is 1. The van der Waals surface area contributed by atoms with Gasteiger partial charge in [0.15, 0.2) is 0 Å². The molecule has 0 bridgehead atoms. The fourth-order valence-corrected chi connectivity index (χ4v) is 4.17. The van der Waals surface area contributed by atoms with Crippen LogP contribution in [0.4, 0.5) is 5.82 Å². The highest BCUT2D eigenvalue weighted by Crippen LogP contribution is 2.40. The minimum absolute atomic E-state index is 0.474. The largest absolute Gasteiger partial charge is 0.457 e. The van der Waals surface area contributed by atoms with Gasteiger partial charge in [-0.1, -0.05) is 31.0 Å². The van der Waals surface area contributed by atoms with Gasteiger partial charge in [0.2, 0.25) is 0 Å². The second-order valence-corrected chi connectivity index (χ2v) is 7.47. The van der Waals surface area contributed by atoms with Crippen molar-refractivity contribution >= 4 is 16.7 Å². The Balaban J connectivity index is 1.54. The van der Waals surface area contributed by atoms with Crippen molar-refractivity contribution in [2.45, 2.75) is 31.6 Å². The van der Waals surface area contributed by atoms with Gasteiger partial charge in [-0.05, 0) is 55.2 Å². The van der Waals surface area contributed by atoms with E-state index in [9.17, 15) is 0 Å². The van der Waals surface area contributed by atoms with Gasteiger partial charge in [0.05, 0.1) is 16.6 Å². The lowest BCUT2D eigenvalue weighted by molar-refractivity contribution is 0.483. The van der Waals surface area contributed by atoms with E-state index >= 15 is 0 Å². The molecule has 0 radical (unpaired) electrons. The van der Waals surface area contributed by atoms with Gasteiger partial charge in [0.25, 0.3) is 0 Å². The predicted octanol–water partition coefficient (Wildman–Crippen LogP) is 5.72. The summed E-state index contributed by atoms with van der Waals surface area (Å²) in [5, 5.41) is 0.841. The Morgan fingerprint density at radius 2 is 1.55 bits per heavy atom. The van der Waals surface area contributed by atoms with E-state index in [2.05, 4.69) is 9.97 Å². The van der Waals surface area contributed by atoms with E-state index in [1.54, 1.807) is 6.33 Å². The standard InChI is InChI=1S/C24H22N4O/c25-24-21-22(17-10-12-19(13-11-17)29-18-8-2-1-3-9-18)26-14-20(16-6-4-5-7-16)23(21)27-15-28-24/h1-3,8-16H,4-7H2,(H2,25,27,28). The monoisotopic (exact) mass is 382 g/mol. The smallest absolute Gasteiger partial charge is 0.136 e. The molecule has 0 atom stereocenters. The maximum absolute atomic E-state index is 6.28. The van der Waals surface area contributed by atoms with Gasteiger partial charge in [0, 0.05) is 17.3 Å². The highest BCUT2D eigenvalue weighted by molar-refractivity contribution is 6.00. The first-order valence-electron chi connectivity index (χ1n) is 10.0. The Labute approximate surface area is 169 Å². The molecule has 2 aromatic carbocycles. The molecule has 0 saturated heterocycles. The molecule has 5 heteroatoms. The van der Waals surface area contributed by atoms with Crippen molar-refractivity contribution in [2.24, 2.45) is 0 Å². The molecule has 0 unspecified atom stereocenters. The molecule has 0 amide bonds. The van der Waals surface area contributed by atoms with E-state index < -0.39 is 0 Å². The number of hydrogen-bond acceptors (Lipinski definition) is 5. The first-order valence-corrected chi connectivity index (χ1v) is 10.0. The molecule has 1 fully saturated rings. The van der Waals surface area contributed by atoms with Gasteiger partial charge in [0.1, 0.15) is 23.6 Å². The minimum atomic E-state index is 0.474. The first kappa shape index (κ1) is 17.6. The summed E-state index contributed by atoms with van der Waals surface area (Å²) in [4.78, 5) is 13.6. The molecule has 5 rings (SSSR count). The van der Waals surface area contributed by atoms with E-state index in [0.29, 0.717) is 11.7 Å². The molecule has 5 nitrogen and oxygen atoms in total. The summed E-state index contributed by atoms with van der Waals surface area (Å²) in [6.45, 7) is 0. The minimum Gasteiger partial charge on any atom is -0.457 e. The van der Waals surface area contributed by atoms with Gasteiger partial charge in [-0.25, -0.2) is 9.97 Å². The van der Waals surface area contributed by atoms with Crippen LogP contribution < -0.4 is 10.5 Å². The molecule has 29 heavy (non-hydrogen) atoms. The summed E-state index contributed by atoms with van der Waals surface area (Å²) in [5.74, 6) is 2.57. The molecule has 2 heterocycles. The van der Waals surface area contributed by atoms with E-state index in [4.69, 9.17) is 15.5 Å². The van der Waals surface area contributed by atoms with Crippen molar-refractivity contribution in [1.29, 1.82) is 0 Å². The number of benzene rings is 2. The van der Waals surface area contributed by atoms with Crippen molar-refractivity contribution in [3.05, 3.63) is 72.7 Å². The zero-order chi connectivity index (χ0) is 19.6. The fourth-order valence-electron chi connectivity index (χ4n) is 4.17. The first-order chi connectivity index (χ1) is 14.3. The van der Waals surface area contributed by atoms with Crippen molar-refractivity contribution in [3.63, 3.8) is 0 Å². The molecule has 0 spiro atoms. The normalized spacial score (nSPS) is 14.3. The van der Waals surface area contributed by atoms with Crippen LogP contribution in [0.5, 0.6) is 11.5 Å². The lowest BCUT2D eigenvalue weighted by Crippen LogP contribution is -2.03. The van der Waals surface area contributed by atoms with Gasteiger partial charge >= 0.3 is 0 Å². The van der Waals surface area contributed by atoms with Crippen LogP contribution in [-0.2, 0) is 0 Å². The third-order valence-electron chi connectivity index (χ3n) is 5.62. The lowest BCUT2D eigenvalue weighted by atomic mass is 9.95. The van der Waals surface area contributed by atoms with Gasteiger partial charge in [-0.2, -0.15) is 0 Å². The fraction of sp³-hybridized carbons (Fsp3) is 0.208. The van der Waals surface area contributed by atoms with Crippen molar-refractivity contribution < 1.29 is 4.74 Å². The number of ether oxygens (including phenoxy) is 1. The number of nitrogens with zero attached hydrogens (tertiary/aromatic N) is 3. The number of aromatic nitrogens is 3. The van der Waals surface area contributed by atoms with Crippen LogP contribution in [0, 0.1) is 0 Å². The number of nitrogen functional groups attached to an aromatic ring is 1. The lowest BCUT2D eigenvalue weighted by Gasteiger charge is -2.15. The third kappa shape index (κ3) is 3.40. The zero-order valence-corrected chi connectivity index (χ0v) is 16.1. The highest BCUT2D eigenvalue weighted by atomic mass is 16.5. The van der Waals surface area contributed by atoms with E-state index in [1.807, 2.05) is 60.8 Å². The number of fused-ring (bicyclic) bond motifs is 1. The average molecular weight is 382 g/mol. The molecular formula is C24H22N4O. The second-order valence-electron chi connectivity index (χ2n) is 7.47. The second kappa shape index (κ2) is 7.51. The molecule has 144 valence electrons. The molecule has 1 aliphatic rings. The number of anilines is 1. The van der Waals surface area contributed by atoms with Crippen LogP contribution in [0.15, 0.2) is 67.1 Å². The molecule has 1 aliphatic carbocycles. The molecule has 1 saturated carbocycles. The summed E-state index contributed by atoms with van der Waals surface area (Å²) in [7, 11) is 0. The maximum Gasteiger partial charge on any atom is 0.136 e. The van der Waals surface area contributed by atoms with Gasteiger partial charge in [-0.15, -0.1) is 0 Å². The van der Waals surface area contributed by atoms with Gasteiger partial charge < -0.3 is 10.5 Å². The van der Waals surface area contributed by atoms with Crippen LogP contribution in [0.2, 0.25) is 0 Å². The Bertz CT molecular complexity index is 1140. The quantitative estimate of drug-likeness (QED) is 0.488. The number of hydrogen-bond donors (Lipinski definition) is 1. The van der Waals surface area contributed by atoms with Crippen LogP contribution in [0.1, 0.15) is 37.2 Å². The SMILES string of the molecule is Nc1ncnc2c(C3CCCC3)cnc(-c3ccc(Oc4ccccc4)cc3)c12. The Hall–Kier alpha value is -3.47. The Morgan fingerprint density at radius 1 is 0.828 bits per heavy atom. The summed E-state index contributed by atoms with van der Waals surface area (Å²) < 4.78 is 5.90. The van der Waals surface area contributed by atoms with Crippen molar-refractivity contribution in [1.82, 2.24) is 15.0 Å². The zero-order valence-electron chi connectivity index (χ0n) is 16.1. The molecular weight excluding hydrogens is 360 g/mol. The maximum atomic E-state index is 6.28. The van der Waals surface area contributed by atoms with Crippen LogP contribution in [-0.4, -0.2) is 15.0 Å². The third-order valence-corrected chi connectivity index (χ3v) is 5.62. The van der Waals surface area contributed by atoms with Crippen LogP contribution >= 0.6 is 0 Å². The summed E-state index contributed by atoms with van der Waals surface area (Å²) in [5.41, 5.74) is 10.2. The topological polar surface area (TPSA) is 73.9 Å². The number of rotatable bonds is 4. The summed E-state index contributed by atoms with van der Waals surface area (Å²) >= 11 is 0. The summed E-state index contributed by atoms with van der Waals surface area (Å²) in [6, 6.07) is 17.6. The van der Waals surface area contributed by atoms with E-state index in [0.717, 1.165) is 33.7 Å². The van der Waals surface area contributed by atoms with E-state index in [-0.39, 0.29) is 0 Å². The number of nitrogens with two attached hydrogens (primary N) is 1. The summed E-state index contributed by atoms with van der Waals surface area (Å²) in [6.07, 6.45) is 8.43. The van der Waals surface area contributed by atoms with Gasteiger partial charge in [-0.3, -0.25) is 4.98 Å². The molecule has 4 aromatic rings. The average Bonchev–Trinajstić information content (AvgIpc) is 3.29. The molecule has 2 N–H and O–H groups in total. The van der Waals surface area contributed by atoms with Crippen molar-refractivity contribution in [2.75, 3.05) is 5.73 Å².